The molecule has 2 aromatic carbocycles. The summed E-state index contributed by atoms with van der Waals surface area (Å²) in [6.45, 7) is 1.78. The maximum atomic E-state index is 10.5. The number of aliphatic carboxylic acids is 1. The minimum Gasteiger partial charge on any atom is -0.526 e. The number of primary amides is 1. The molecular weight excluding hydrogens is 453 g/mol. The van der Waals surface area contributed by atoms with Crippen LogP contribution in [0.4, 0.5) is 0 Å². The van der Waals surface area contributed by atoms with Crippen molar-refractivity contribution in [1.29, 1.82) is 0 Å². The molecule has 7 heteroatoms. The van der Waals surface area contributed by atoms with Crippen LogP contribution in [0.2, 0.25) is 0 Å². The SMILES string of the molecule is CC(N)=O.O=[C-]NCc1ccc(-c2ccc(CCC(=O)O)cc2)cc1.[Cs+]. The molecule has 2 amide bonds. The molecule has 0 unspecified atom stereocenters. The minimum atomic E-state index is -0.782. The molecule has 4 N–H and O–H groups in total. The first-order chi connectivity index (χ1) is 11.9. The number of carbonyl (C=O) groups excluding carboxylic acids is 2. The van der Waals surface area contributed by atoms with Gasteiger partial charge in [-0.15, -0.1) is 0 Å². The molecule has 132 valence electrons. The minimum absolute atomic E-state index is 0. The summed E-state index contributed by atoms with van der Waals surface area (Å²) >= 11 is 0. The Kier molecular flexibility index (Phi) is 13.4. The van der Waals surface area contributed by atoms with E-state index in [1.807, 2.05) is 48.5 Å². The Hall–Kier alpha value is -1.10. The van der Waals surface area contributed by atoms with Crippen LogP contribution in [-0.4, -0.2) is 23.4 Å². The summed E-state index contributed by atoms with van der Waals surface area (Å²) in [6.07, 6.45) is 2.34. The van der Waals surface area contributed by atoms with Gasteiger partial charge in [-0.1, -0.05) is 48.5 Å². The number of nitrogens with two attached hydrogens (primary N) is 1. The van der Waals surface area contributed by atoms with Gasteiger partial charge in [0.1, 0.15) is 0 Å². The standard InChI is InChI=1S/C17H16NO3.C2H5NO.Cs/c19-12-18-11-14-3-8-16(9-4-14)15-6-1-13(2-7-15)5-10-17(20)21;1-2(3)4;/h1-4,6-9H,5,10-11H2,(H,18,19)(H,20,21);1H3,(H2,3,4);/q-1;;+1. The van der Waals surface area contributed by atoms with Gasteiger partial charge in [-0.05, 0) is 28.7 Å². The summed E-state index contributed by atoms with van der Waals surface area (Å²) in [5, 5.41) is 11.2. The van der Waals surface area contributed by atoms with Crippen LogP contribution >= 0.6 is 0 Å². The van der Waals surface area contributed by atoms with Crippen molar-refractivity contribution in [1.82, 2.24) is 5.32 Å². The number of hydrogen-bond acceptors (Lipinski definition) is 3. The van der Waals surface area contributed by atoms with Gasteiger partial charge in [0.05, 0.1) is 0 Å². The Labute approximate surface area is 212 Å². The van der Waals surface area contributed by atoms with Gasteiger partial charge in [-0.3, -0.25) is 9.59 Å². The third kappa shape index (κ3) is 10.8. The molecule has 0 aliphatic rings. The summed E-state index contributed by atoms with van der Waals surface area (Å²) in [5.41, 5.74) is 8.66. The summed E-state index contributed by atoms with van der Waals surface area (Å²) < 4.78 is 0. The molecule has 0 fully saturated rings. The molecule has 2 rings (SSSR count). The van der Waals surface area contributed by atoms with Crippen LogP contribution in [0, 0.1) is 0 Å². The van der Waals surface area contributed by atoms with Crippen LogP contribution < -0.4 is 79.9 Å². The van der Waals surface area contributed by atoms with Crippen LogP contribution in [0.1, 0.15) is 24.5 Å². The first-order valence-electron chi connectivity index (χ1n) is 7.68. The third-order valence-corrected chi connectivity index (χ3v) is 3.23. The smallest absolute Gasteiger partial charge is 0.526 e. The summed E-state index contributed by atoms with van der Waals surface area (Å²) in [6, 6.07) is 15.8. The van der Waals surface area contributed by atoms with E-state index in [1.54, 1.807) is 6.41 Å². The van der Waals surface area contributed by atoms with Gasteiger partial charge in [0.25, 0.3) is 0 Å². The predicted octanol–water partition coefficient (Wildman–Crippen LogP) is -0.977. The van der Waals surface area contributed by atoms with Gasteiger partial charge in [0.15, 0.2) is 0 Å². The largest absolute Gasteiger partial charge is 1.00 e. The zero-order valence-electron chi connectivity index (χ0n) is 15.0. The molecule has 0 aliphatic heterocycles. The molecule has 26 heavy (non-hydrogen) atoms. The average Bonchev–Trinajstić information content (AvgIpc) is 2.58. The summed E-state index contributed by atoms with van der Waals surface area (Å²) in [7, 11) is 0. The van der Waals surface area contributed by atoms with E-state index in [1.165, 1.54) is 6.92 Å². The average molecular weight is 474 g/mol. The van der Waals surface area contributed by atoms with Gasteiger partial charge in [0.2, 0.25) is 5.91 Å². The molecular formula is C19H21CsN2O4. The Morgan fingerprint density at radius 2 is 1.42 bits per heavy atom. The molecule has 6 nitrogen and oxygen atoms in total. The number of carbonyl (C=O) groups is 2. The quantitative estimate of drug-likeness (QED) is 0.354. The van der Waals surface area contributed by atoms with Crippen LogP contribution in [0.5, 0.6) is 0 Å². The van der Waals surface area contributed by atoms with Gasteiger partial charge < -0.3 is 21.0 Å². The van der Waals surface area contributed by atoms with Crippen molar-refractivity contribution in [2.75, 3.05) is 0 Å². The van der Waals surface area contributed by atoms with Crippen molar-refractivity contribution >= 4 is 18.3 Å². The second kappa shape index (κ2) is 14.0. The van der Waals surface area contributed by atoms with E-state index in [4.69, 9.17) is 5.11 Å². The topological polar surface area (TPSA) is 109 Å². The van der Waals surface area contributed by atoms with Crippen LogP contribution in [-0.2, 0) is 27.3 Å². The summed E-state index contributed by atoms with van der Waals surface area (Å²) in [5.74, 6) is -1.11. The summed E-state index contributed by atoms with van der Waals surface area (Å²) in [4.78, 5) is 29.9. The van der Waals surface area contributed by atoms with Gasteiger partial charge in [-0.2, -0.15) is 6.41 Å². The van der Waals surface area contributed by atoms with Crippen molar-refractivity contribution in [3.8, 4) is 11.1 Å². The molecule has 0 saturated heterocycles. The fourth-order valence-corrected chi connectivity index (χ4v) is 2.07. The second-order valence-corrected chi connectivity index (χ2v) is 5.35. The molecule has 0 atom stereocenters. The van der Waals surface area contributed by atoms with Gasteiger partial charge >= 0.3 is 74.9 Å². The van der Waals surface area contributed by atoms with Crippen molar-refractivity contribution in [3.05, 3.63) is 59.7 Å². The Morgan fingerprint density at radius 3 is 1.81 bits per heavy atom. The van der Waals surface area contributed by atoms with Gasteiger partial charge in [0, 0.05) is 19.9 Å². The van der Waals surface area contributed by atoms with E-state index < -0.39 is 5.97 Å². The Bertz CT molecular complexity index is 696. The monoisotopic (exact) mass is 474 g/mol. The molecule has 0 aliphatic carbocycles. The second-order valence-electron chi connectivity index (χ2n) is 5.35. The number of hydrogen-bond donors (Lipinski definition) is 3. The van der Waals surface area contributed by atoms with Crippen LogP contribution in [0.3, 0.4) is 0 Å². The maximum absolute atomic E-state index is 10.5. The number of amides is 2. The molecule has 0 spiro atoms. The third-order valence-electron chi connectivity index (χ3n) is 3.23. The van der Waals surface area contributed by atoms with Crippen LogP contribution in [0.25, 0.3) is 11.1 Å². The van der Waals surface area contributed by atoms with Crippen molar-refractivity contribution in [2.24, 2.45) is 5.73 Å². The number of carboxylic acid groups (broad SMARTS) is 1. The van der Waals surface area contributed by atoms with Crippen molar-refractivity contribution in [3.63, 3.8) is 0 Å². The number of benzene rings is 2. The first kappa shape index (κ1) is 24.9. The van der Waals surface area contributed by atoms with Crippen molar-refractivity contribution < 1.29 is 88.4 Å². The fraction of sp³-hybridized carbons (Fsp3) is 0.211. The van der Waals surface area contributed by atoms with E-state index in [2.05, 4.69) is 11.1 Å². The molecule has 0 saturated carbocycles. The zero-order chi connectivity index (χ0) is 18.7. The maximum Gasteiger partial charge on any atom is 1.00 e. The number of nitrogens with one attached hydrogen (secondary N) is 1. The predicted molar refractivity (Wildman–Crippen MR) is 95.2 cm³/mol. The molecule has 0 bridgehead atoms. The number of carboxylic acids is 1. The fourth-order valence-electron chi connectivity index (χ4n) is 2.07. The zero-order valence-corrected chi connectivity index (χ0v) is 21.3. The molecule has 0 aromatic heterocycles. The van der Waals surface area contributed by atoms with E-state index in [0.717, 1.165) is 22.3 Å². The Balaban J connectivity index is 0.00000113. The van der Waals surface area contributed by atoms with E-state index in [9.17, 15) is 14.4 Å². The van der Waals surface area contributed by atoms with E-state index in [0.29, 0.717) is 13.0 Å². The molecule has 0 heterocycles. The number of rotatable bonds is 7. The molecule has 2 aromatic rings. The normalized spacial score (nSPS) is 9.12. The van der Waals surface area contributed by atoms with Crippen molar-refractivity contribution in [2.45, 2.75) is 26.3 Å². The first-order valence-corrected chi connectivity index (χ1v) is 7.68. The molecule has 0 radical (unpaired) electrons. The number of aryl methyl sites for hydroxylation is 1. The van der Waals surface area contributed by atoms with E-state index >= 15 is 0 Å². The van der Waals surface area contributed by atoms with Crippen LogP contribution in [0.15, 0.2) is 48.5 Å². The van der Waals surface area contributed by atoms with Gasteiger partial charge in [-0.25, -0.2) is 0 Å². The Morgan fingerprint density at radius 1 is 1.00 bits per heavy atom. The van der Waals surface area contributed by atoms with E-state index in [-0.39, 0.29) is 81.2 Å².